The fraction of sp³-hybridized carbons (Fsp3) is 0.100. The predicted octanol–water partition coefficient (Wildman–Crippen LogP) is 4.19. The van der Waals surface area contributed by atoms with Crippen LogP contribution in [0.1, 0.15) is 43.6 Å². The molecule has 4 N–H and O–H groups in total. The minimum absolute atomic E-state index is 0.00729. The van der Waals surface area contributed by atoms with Gasteiger partial charge < -0.3 is 25.0 Å². The van der Waals surface area contributed by atoms with E-state index in [9.17, 15) is 34.5 Å². The Morgan fingerprint density at radius 2 is 1.64 bits per heavy atom. The number of ketones is 2. The van der Waals surface area contributed by atoms with Gasteiger partial charge in [0, 0.05) is 22.6 Å². The van der Waals surface area contributed by atoms with Gasteiger partial charge >= 0.3 is 11.9 Å². The number of carboxylic acid groups (broad SMARTS) is 2. The van der Waals surface area contributed by atoms with E-state index in [1.165, 1.54) is 24.3 Å². The van der Waals surface area contributed by atoms with E-state index in [0.29, 0.717) is 16.5 Å². The van der Waals surface area contributed by atoms with E-state index in [0.717, 1.165) is 9.13 Å². The summed E-state index contributed by atoms with van der Waals surface area (Å²) in [6, 6.07) is 13.3. The molecule has 210 valence electrons. The fourth-order valence-electron chi connectivity index (χ4n) is 4.74. The summed E-state index contributed by atoms with van der Waals surface area (Å²) in [7, 11) is 0. The lowest BCUT2D eigenvalue weighted by Gasteiger charge is -2.10. The number of nitrogens with zero attached hydrogens (tertiary/aromatic N) is 3. The number of carbonyl (C=O) groups excluding carboxylic acids is 2. The van der Waals surface area contributed by atoms with Gasteiger partial charge in [-0.3, -0.25) is 23.7 Å². The Bertz CT molecular complexity index is 1980. The van der Waals surface area contributed by atoms with E-state index >= 15 is 0 Å². The lowest BCUT2D eigenvalue weighted by atomic mass is 9.97. The first-order chi connectivity index (χ1) is 20.1. The molecule has 0 saturated carbocycles. The van der Waals surface area contributed by atoms with Gasteiger partial charge in [0.2, 0.25) is 5.88 Å². The second-order valence-corrected chi connectivity index (χ2v) is 9.71. The molecule has 0 radical (unpaired) electrons. The zero-order valence-corrected chi connectivity index (χ0v) is 22.4. The first-order valence-electron chi connectivity index (χ1n) is 12.4. The summed E-state index contributed by atoms with van der Waals surface area (Å²) in [5.41, 5.74) is 4.32. The van der Waals surface area contributed by atoms with Crippen LogP contribution in [0.25, 0.3) is 23.1 Å². The van der Waals surface area contributed by atoms with Crippen molar-refractivity contribution in [2.75, 3.05) is 0 Å². The van der Waals surface area contributed by atoms with Gasteiger partial charge in [0.05, 0.1) is 5.52 Å². The number of para-hydroxylation sites is 1. The Hall–Kier alpha value is -5.58. The number of allylic oxidation sites excluding steroid dienone is 2. The maximum Gasteiger partial charge on any atom is 0.323 e. The highest BCUT2D eigenvalue weighted by molar-refractivity contribution is 7.71. The van der Waals surface area contributed by atoms with Crippen LogP contribution in [-0.4, -0.2) is 58.0 Å². The van der Waals surface area contributed by atoms with Gasteiger partial charge in [-0.15, -0.1) is 5.73 Å². The number of pyridine rings is 1. The van der Waals surface area contributed by atoms with E-state index < -0.39 is 48.4 Å². The Labute approximate surface area is 242 Å². The van der Waals surface area contributed by atoms with E-state index in [-0.39, 0.29) is 33.0 Å². The Balaban J connectivity index is 1.40. The molecule has 2 heterocycles. The predicted molar refractivity (Wildman–Crippen MR) is 153 cm³/mol. The zero-order valence-electron chi connectivity index (χ0n) is 21.6. The minimum atomic E-state index is -1.27. The molecule has 1 atom stereocenters. The number of hydrogen-bond donors (Lipinski definition) is 4. The van der Waals surface area contributed by atoms with Crippen LogP contribution in [0.2, 0.25) is 0 Å². The number of aromatic nitrogens is 3. The summed E-state index contributed by atoms with van der Waals surface area (Å²) in [5.74, 6) is -5.43. The molecule has 1 unspecified atom stereocenters. The third-order valence-electron chi connectivity index (χ3n) is 6.63. The van der Waals surface area contributed by atoms with Crippen LogP contribution in [0.4, 0.5) is 0 Å². The van der Waals surface area contributed by atoms with Crippen molar-refractivity contribution in [3.8, 4) is 11.6 Å². The molecule has 1 aliphatic rings. The quantitative estimate of drug-likeness (QED) is 0.102. The number of carboxylic acids is 2. The average Bonchev–Trinajstić information content (AvgIpc) is 3.31. The third kappa shape index (κ3) is 5.15. The summed E-state index contributed by atoms with van der Waals surface area (Å²) in [5, 5.41) is 39.9. The normalized spacial score (nSPS) is 14.2. The Kier molecular flexibility index (Phi) is 7.41. The molecule has 0 saturated heterocycles. The number of hydrogen-bond acceptors (Lipinski definition) is 8. The van der Waals surface area contributed by atoms with Crippen LogP contribution in [0.5, 0.6) is 11.6 Å². The second-order valence-electron chi connectivity index (χ2n) is 9.34. The molecule has 2 aromatic heterocycles. The highest BCUT2D eigenvalue weighted by Gasteiger charge is 2.42. The van der Waals surface area contributed by atoms with Gasteiger partial charge in [0.15, 0.2) is 16.3 Å². The molecule has 5 rings (SSSR count). The van der Waals surface area contributed by atoms with Gasteiger partial charge in [-0.2, -0.15) is 0 Å². The van der Waals surface area contributed by atoms with Crippen molar-refractivity contribution in [1.82, 2.24) is 14.1 Å². The lowest BCUT2D eigenvalue weighted by molar-refractivity contribution is -0.138. The number of carbonyl (C=O) groups is 4. The smallest absolute Gasteiger partial charge is 0.323 e. The number of imidazole rings is 1. The molecule has 0 fully saturated rings. The number of benzene rings is 2. The van der Waals surface area contributed by atoms with Crippen LogP contribution in [0, 0.1) is 4.77 Å². The van der Waals surface area contributed by atoms with E-state index in [2.05, 4.69) is 10.7 Å². The third-order valence-corrected chi connectivity index (χ3v) is 7.07. The van der Waals surface area contributed by atoms with Gasteiger partial charge in [0.1, 0.15) is 36.1 Å². The number of Topliss-reactive ketones (excluding diaryl/α,β-unsaturated/α-hetero) is 2. The zero-order chi connectivity index (χ0) is 30.1. The Morgan fingerprint density at radius 1 is 0.952 bits per heavy atom. The van der Waals surface area contributed by atoms with Gasteiger partial charge in [-0.1, -0.05) is 42.5 Å². The summed E-state index contributed by atoms with van der Waals surface area (Å²) in [6.45, 7) is -1.25. The monoisotopic (exact) mass is 583 g/mol. The number of rotatable bonds is 8. The highest BCUT2D eigenvalue weighted by atomic mass is 32.1. The van der Waals surface area contributed by atoms with Crippen molar-refractivity contribution in [3.63, 3.8) is 0 Å². The van der Waals surface area contributed by atoms with Crippen LogP contribution < -0.4 is 0 Å². The number of aromatic hydroxyl groups is 2. The molecular weight excluding hydrogens is 562 g/mol. The Morgan fingerprint density at radius 3 is 2.38 bits per heavy atom. The number of fused-ring (bicyclic) bond motifs is 2. The van der Waals surface area contributed by atoms with E-state index in [1.807, 2.05) is 0 Å². The van der Waals surface area contributed by atoms with Crippen LogP contribution in [0.15, 0.2) is 66.4 Å². The van der Waals surface area contributed by atoms with E-state index in [4.69, 9.17) is 17.3 Å². The molecule has 0 bridgehead atoms. The summed E-state index contributed by atoms with van der Waals surface area (Å²) in [6.07, 6.45) is 5.91. The first kappa shape index (κ1) is 28.0. The van der Waals surface area contributed by atoms with Crippen LogP contribution in [0.3, 0.4) is 0 Å². The highest BCUT2D eigenvalue weighted by Crippen LogP contribution is 2.38. The van der Waals surface area contributed by atoms with Crippen LogP contribution >= 0.6 is 12.2 Å². The minimum Gasteiger partial charge on any atom is -0.506 e. The average molecular weight is 584 g/mol. The topological polar surface area (TPSA) is 172 Å². The molecule has 11 nitrogen and oxygen atoms in total. The maximum absolute atomic E-state index is 13.3. The number of aliphatic carboxylic acids is 2. The summed E-state index contributed by atoms with van der Waals surface area (Å²) < 4.78 is 1.79. The van der Waals surface area contributed by atoms with Crippen molar-refractivity contribution < 1.29 is 39.6 Å². The van der Waals surface area contributed by atoms with Crippen molar-refractivity contribution in [1.29, 1.82) is 0 Å². The second kappa shape index (κ2) is 11.1. The van der Waals surface area contributed by atoms with Crippen molar-refractivity contribution in [3.05, 3.63) is 99.3 Å². The SMILES string of the molecule is O=C(O)Cn1c(O)c(C=C=C/C=C/c2ccc3c(c2)C(=O)C(c2nc4ccccc4cc2O)C3=O)n(CC(=O)O)c1=S. The molecular formula is C30H21N3O8S. The van der Waals surface area contributed by atoms with Crippen molar-refractivity contribution in [2.45, 2.75) is 19.0 Å². The first-order valence-corrected chi connectivity index (χ1v) is 12.8. The van der Waals surface area contributed by atoms with E-state index in [1.54, 1.807) is 48.6 Å². The summed E-state index contributed by atoms with van der Waals surface area (Å²) >= 11 is 5.13. The standard InChI is InChI=1S/C30H21N3O8S/c34-22-13-17-7-4-5-8-20(17)31-26(22)25-27(39)18-11-10-16(12-19(18)28(25)40)6-2-1-3-9-21-29(41)33(15-24(37)38)30(42)32(21)14-23(35)36/h1-2,4-13,25,34,41H,14-15H2,(H,35,36)(H,37,38)/b6-2+. The fourth-order valence-corrected chi connectivity index (χ4v) is 5.06. The summed E-state index contributed by atoms with van der Waals surface area (Å²) in [4.78, 5) is 53.2. The van der Waals surface area contributed by atoms with Crippen molar-refractivity contribution in [2.24, 2.45) is 0 Å². The van der Waals surface area contributed by atoms with Gasteiger partial charge in [0.25, 0.3) is 0 Å². The molecule has 42 heavy (non-hydrogen) atoms. The van der Waals surface area contributed by atoms with Gasteiger partial charge in [-0.05, 0) is 42.1 Å². The van der Waals surface area contributed by atoms with Gasteiger partial charge in [-0.25, -0.2) is 4.98 Å². The lowest BCUT2D eigenvalue weighted by Crippen LogP contribution is -2.14. The molecule has 0 spiro atoms. The largest absolute Gasteiger partial charge is 0.506 e. The molecule has 4 aromatic rings. The molecule has 0 aliphatic heterocycles. The van der Waals surface area contributed by atoms with Crippen molar-refractivity contribution >= 4 is 58.8 Å². The molecule has 1 aliphatic carbocycles. The molecule has 12 heteroatoms. The maximum atomic E-state index is 13.3. The molecule has 0 amide bonds. The molecule has 2 aromatic carbocycles. The van der Waals surface area contributed by atoms with Crippen LogP contribution in [-0.2, 0) is 22.7 Å².